The highest BCUT2D eigenvalue weighted by Crippen LogP contribution is 2.35. The van der Waals surface area contributed by atoms with Crippen LogP contribution >= 0.6 is 11.6 Å². The minimum Gasteiger partial charge on any atom is -0.495 e. The summed E-state index contributed by atoms with van der Waals surface area (Å²) in [5.74, 6) is 0.948. The standard InChI is InChI=1S/C20H17ClN2O4/c1-12-8-16(18(25-2)10-15(12)21)23-20(24)14(11-22)9-13-4-3-5-17-19(13)27-7-6-26-17/h3-5,8-10H,6-7H2,1-2H3,(H,23,24)/b14-9-. The Hall–Kier alpha value is -3.17. The lowest BCUT2D eigenvalue weighted by atomic mass is 10.1. The number of carbonyl (C=O) groups is 1. The van der Waals surface area contributed by atoms with Crippen molar-refractivity contribution in [1.82, 2.24) is 0 Å². The number of halogens is 1. The maximum atomic E-state index is 12.6. The molecule has 2 aromatic rings. The number of hydrogen-bond acceptors (Lipinski definition) is 5. The highest BCUT2D eigenvalue weighted by atomic mass is 35.5. The molecular weight excluding hydrogens is 368 g/mol. The average molecular weight is 385 g/mol. The highest BCUT2D eigenvalue weighted by Gasteiger charge is 2.18. The van der Waals surface area contributed by atoms with Crippen molar-refractivity contribution in [2.24, 2.45) is 0 Å². The summed E-state index contributed by atoms with van der Waals surface area (Å²) in [6.45, 7) is 2.68. The van der Waals surface area contributed by atoms with E-state index in [2.05, 4.69) is 5.32 Å². The van der Waals surface area contributed by atoms with E-state index in [4.69, 9.17) is 25.8 Å². The second kappa shape index (κ2) is 8.02. The van der Waals surface area contributed by atoms with Crippen molar-refractivity contribution in [2.45, 2.75) is 6.92 Å². The van der Waals surface area contributed by atoms with Crippen LogP contribution in [0.3, 0.4) is 0 Å². The first kappa shape index (κ1) is 18.6. The van der Waals surface area contributed by atoms with E-state index in [9.17, 15) is 10.1 Å². The Morgan fingerprint density at radius 2 is 2.11 bits per heavy atom. The zero-order valence-electron chi connectivity index (χ0n) is 14.8. The number of methoxy groups -OCH3 is 1. The number of nitrogens with zero attached hydrogens (tertiary/aromatic N) is 1. The number of carbonyl (C=O) groups excluding carboxylic acids is 1. The third-order valence-electron chi connectivity index (χ3n) is 3.99. The fourth-order valence-corrected chi connectivity index (χ4v) is 2.79. The summed E-state index contributed by atoms with van der Waals surface area (Å²) in [4.78, 5) is 12.6. The summed E-state index contributed by atoms with van der Waals surface area (Å²) >= 11 is 6.08. The molecule has 1 heterocycles. The maximum Gasteiger partial charge on any atom is 0.266 e. The second-order valence-electron chi connectivity index (χ2n) is 5.80. The number of nitriles is 1. The van der Waals surface area contributed by atoms with Gasteiger partial charge in [-0.1, -0.05) is 23.7 Å². The van der Waals surface area contributed by atoms with E-state index in [0.29, 0.717) is 46.7 Å². The molecule has 0 spiro atoms. The Balaban J connectivity index is 1.91. The first-order valence-corrected chi connectivity index (χ1v) is 8.57. The van der Waals surface area contributed by atoms with Gasteiger partial charge in [0.25, 0.3) is 5.91 Å². The minimum atomic E-state index is -0.563. The Morgan fingerprint density at radius 3 is 2.85 bits per heavy atom. The van der Waals surface area contributed by atoms with Gasteiger partial charge in [0, 0.05) is 16.7 Å². The third-order valence-corrected chi connectivity index (χ3v) is 4.40. The van der Waals surface area contributed by atoms with E-state index in [1.165, 1.54) is 13.2 Å². The van der Waals surface area contributed by atoms with Crippen molar-refractivity contribution in [2.75, 3.05) is 25.6 Å². The molecule has 0 bridgehead atoms. The first-order valence-electron chi connectivity index (χ1n) is 8.19. The van der Waals surface area contributed by atoms with Crippen molar-refractivity contribution in [3.8, 4) is 23.3 Å². The second-order valence-corrected chi connectivity index (χ2v) is 6.20. The Kier molecular flexibility index (Phi) is 5.53. The molecule has 0 saturated heterocycles. The molecule has 6 nitrogen and oxygen atoms in total. The molecule has 3 rings (SSSR count). The molecule has 0 atom stereocenters. The number of anilines is 1. The molecule has 1 N–H and O–H groups in total. The quantitative estimate of drug-likeness (QED) is 0.637. The molecule has 1 aliphatic heterocycles. The summed E-state index contributed by atoms with van der Waals surface area (Å²) in [6.07, 6.45) is 1.47. The fourth-order valence-electron chi connectivity index (χ4n) is 2.63. The van der Waals surface area contributed by atoms with Gasteiger partial charge in [0.05, 0.1) is 12.8 Å². The SMILES string of the molecule is COc1cc(Cl)c(C)cc1NC(=O)/C(C#N)=C\c1cccc2c1OCCO2. The van der Waals surface area contributed by atoms with Gasteiger partial charge in [0.2, 0.25) is 0 Å². The number of benzene rings is 2. The van der Waals surface area contributed by atoms with E-state index in [0.717, 1.165) is 5.56 Å². The predicted octanol–water partition coefficient (Wildman–Crippen LogP) is 3.97. The van der Waals surface area contributed by atoms with Crippen LogP contribution in [0.25, 0.3) is 6.08 Å². The van der Waals surface area contributed by atoms with Crippen LogP contribution in [-0.2, 0) is 4.79 Å². The molecular formula is C20H17ClN2O4. The normalized spacial score (nSPS) is 12.9. The number of amides is 1. The molecule has 27 heavy (non-hydrogen) atoms. The Bertz CT molecular complexity index is 963. The molecule has 0 aliphatic carbocycles. The van der Waals surface area contributed by atoms with Gasteiger partial charge < -0.3 is 19.5 Å². The van der Waals surface area contributed by atoms with Crippen LogP contribution in [0.15, 0.2) is 35.9 Å². The van der Waals surface area contributed by atoms with Crippen molar-refractivity contribution < 1.29 is 19.0 Å². The monoisotopic (exact) mass is 384 g/mol. The molecule has 1 amide bonds. The van der Waals surface area contributed by atoms with Crippen LogP contribution in [0.2, 0.25) is 5.02 Å². The average Bonchev–Trinajstić information content (AvgIpc) is 2.68. The first-order chi connectivity index (χ1) is 13.0. The van der Waals surface area contributed by atoms with E-state index >= 15 is 0 Å². The molecule has 0 saturated carbocycles. The largest absolute Gasteiger partial charge is 0.495 e. The topological polar surface area (TPSA) is 80.6 Å². The van der Waals surface area contributed by atoms with Crippen molar-refractivity contribution in [3.05, 3.63) is 52.1 Å². The van der Waals surface area contributed by atoms with Crippen LogP contribution in [0.1, 0.15) is 11.1 Å². The lowest BCUT2D eigenvalue weighted by molar-refractivity contribution is -0.112. The molecule has 1 aliphatic rings. The number of para-hydroxylation sites is 1. The van der Waals surface area contributed by atoms with Gasteiger partial charge in [0.15, 0.2) is 11.5 Å². The van der Waals surface area contributed by atoms with Crippen LogP contribution < -0.4 is 19.5 Å². The third kappa shape index (κ3) is 3.99. The summed E-state index contributed by atoms with van der Waals surface area (Å²) in [7, 11) is 1.48. The van der Waals surface area contributed by atoms with Gasteiger partial charge in [-0.25, -0.2) is 0 Å². The van der Waals surface area contributed by atoms with Crippen molar-refractivity contribution in [1.29, 1.82) is 5.26 Å². The zero-order valence-corrected chi connectivity index (χ0v) is 15.6. The van der Waals surface area contributed by atoms with Gasteiger partial charge in [-0.2, -0.15) is 5.26 Å². The predicted molar refractivity (Wildman–Crippen MR) is 102 cm³/mol. The van der Waals surface area contributed by atoms with E-state index in [1.54, 1.807) is 30.3 Å². The highest BCUT2D eigenvalue weighted by molar-refractivity contribution is 6.31. The molecule has 0 aromatic heterocycles. The molecule has 0 unspecified atom stereocenters. The van der Waals surface area contributed by atoms with Gasteiger partial charge >= 0.3 is 0 Å². The Morgan fingerprint density at radius 1 is 1.33 bits per heavy atom. The van der Waals surface area contributed by atoms with E-state index in [-0.39, 0.29) is 5.57 Å². The van der Waals surface area contributed by atoms with Gasteiger partial charge in [-0.05, 0) is 30.7 Å². The van der Waals surface area contributed by atoms with Crippen LogP contribution in [0.4, 0.5) is 5.69 Å². The van der Waals surface area contributed by atoms with Crippen molar-refractivity contribution in [3.63, 3.8) is 0 Å². The summed E-state index contributed by atoms with van der Waals surface area (Å²) in [5.41, 5.74) is 1.73. The molecule has 0 fully saturated rings. The number of hydrogen-bond donors (Lipinski definition) is 1. The van der Waals surface area contributed by atoms with Gasteiger partial charge in [0.1, 0.15) is 30.6 Å². The summed E-state index contributed by atoms with van der Waals surface area (Å²) in [6, 6.07) is 10.5. The minimum absolute atomic E-state index is 0.0766. The molecule has 2 aromatic carbocycles. The van der Waals surface area contributed by atoms with Crippen LogP contribution in [0.5, 0.6) is 17.2 Å². The smallest absolute Gasteiger partial charge is 0.266 e. The number of rotatable bonds is 4. The molecule has 138 valence electrons. The molecule has 0 radical (unpaired) electrons. The zero-order chi connectivity index (χ0) is 19.4. The van der Waals surface area contributed by atoms with Crippen molar-refractivity contribution >= 4 is 29.3 Å². The summed E-state index contributed by atoms with van der Waals surface area (Å²) < 4.78 is 16.4. The fraction of sp³-hybridized carbons (Fsp3) is 0.200. The van der Waals surface area contributed by atoms with E-state index in [1.807, 2.05) is 13.0 Å². The van der Waals surface area contributed by atoms with Crippen LogP contribution in [0, 0.1) is 18.3 Å². The lowest BCUT2D eigenvalue weighted by Crippen LogP contribution is -2.17. The van der Waals surface area contributed by atoms with Gasteiger partial charge in [-0.3, -0.25) is 4.79 Å². The van der Waals surface area contributed by atoms with E-state index < -0.39 is 5.91 Å². The number of fused-ring (bicyclic) bond motifs is 1. The number of aryl methyl sites for hydroxylation is 1. The van der Waals surface area contributed by atoms with Crippen LogP contribution in [-0.4, -0.2) is 26.2 Å². The number of nitrogens with one attached hydrogen (secondary N) is 1. The number of ether oxygens (including phenoxy) is 3. The maximum absolute atomic E-state index is 12.6. The summed E-state index contributed by atoms with van der Waals surface area (Å²) in [5, 5.41) is 12.7. The van der Waals surface area contributed by atoms with Gasteiger partial charge in [-0.15, -0.1) is 0 Å². The Labute approximate surface area is 161 Å². The lowest BCUT2D eigenvalue weighted by Gasteiger charge is -2.20. The molecule has 7 heteroatoms.